The lowest BCUT2D eigenvalue weighted by atomic mass is 10.1. The summed E-state index contributed by atoms with van der Waals surface area (Å²) in [6.45, 7) is 1.16. The predicted molar refractivity (Wildman–Crippen MR) is 78.8 cm³/mol. The van der Waals surface area contributed by atoms with Crippen molar-refractivity contribution in [1.82, 2.24) is 5.32 Å². The molecule has 21 heavy (non-hydrogen) atoms. The number of rotatable bonds is 5. The number of Topliss-reactive ketones (excluding diaryl/α,β-unsaturated/α-hetero) is 1. The molecule has 0 aromatic heterocycles. The maximum atomic E-state index is 11.3. The molecule has 1 aromatic rings. The van der Waals surface area contributed by atoms with E-state index in [0.29, 0.717) is 5.70 Å². The van der Waals surface area contributed by atoms with Crippen molar-refractivity contribution in [2.45, 2.75) is 26.0 Å². The maximum absolute atomic E-state index is 11.3. The molecule has 3 N–H and O–H groups in total. The Labute approximate surface area is 123 Å². The van der Waals surface area contributed by atoms with Crippen molar-refractivity contribution in [2.75, 3.05) is 0 Å². The zero-order valence-electron chi connectivity index (χ0n) is 11.8. The largest absolute Gasteiger partial charge is 0.430 e. The Morgan fingerprint density at radius 3 is 2.57 bits per heavy atom. The molecule has 0 bridgehead atoms. The average molecular weight is 286 g/mol. The Bertz CT molecular complexity index is 591. The van der Waals surface area contributed by atoms with Crippen LogP contribution in [0.1, 0.15) is 18.9 Å². The van der Waals surface area contributed by atoms with Crippen LogP contribution in [0.4, 0.5) is 0 Å². The number of nitrogens with one attached hydrogen (secondary N) is 1. The molecule has 0 spiro atoms. The Kier molecular flexibility index (Phi) is 4.77. The molecule has 2 rings (SSSR count). The molecule has 5 heteroatoms. The number of aryl methyl sites for hydroxylation is 1. The van der Waals surface area contributed by atoms with Crippen LogP contribution in [0.25, 0.3) is 0 Å². The second kappa shape index (κ2) is 6.74. The van der Waals surface area contributed by atoms with Gasteiger partial charge < -0.3 is 15.8 Å². The Morgan fingerprint density at radius 2 is 1.90 bits per heavy atom. The smallest absolute Gasteiger partial charge is 0.376 e. The minimum absolute atomic E-state index is 0.369. The third-order valence-electron chi connectivity index (χ3n) is 3.13. The van der Waals surface area contributed by atoms with Gasteiger partial charge in [0.25, 0.3) is 0 Å². The van der Waals surface area contributed by atoms with E-state index in [1.54, 1.807) is 6.08 Å². The lowest BCUT2D eigenvalue weighted by molar-refractivity contribution is -0.156. The van der Waals surface area contributed by atoms with Crippen LogP contribution in [-0.4, -0.2) is 18.0 Å². The zero-order valence-corrected chi connectivity index (χ0v) is 11.8. The quantitative estimate of drug-likeness (QED) is 0.632. The van der Waals surface area contributed by atoms with Gasteiger partial charge in [-0.25, -0.2) is 4.79 Å². The molecule has 5 nitrogen and oxygen atoms in total. The highest BCUT2D eigenvalue weighted by molar-refractivity contribution is 6.32. The minimum Gasteiger partial charge on any atom is -0.430 e. The van der Waals surface area contributed by atoms with Crippen molar-refractivity contribution in [3.05, 3.63) is 59.4 Å². The minimum atomic E-state index is -0.895. The van der Waals surface area contributed by atoms with Gasteiger partial charge >= 0.3 is 5.97 Å². The van der Waals surface area contributed by atoms with E-state index in [1.165, 1.54) is 5.56 Å². The fourth-order valence-electron chi connectivity index (χ4n) is 1.95. The summed E-state index contributed by atoms with van der Waals surface area (Å²) in [6, 6.07) is 10.1. The van der Waals surface area contributed by atoms with Crippen LogP contribution in [0, 0.1) is 0 Å². The van der Waals surface area contributed by atoms with Crippen LogP contribution in [0.3, 0.4) is 0 Å². The topological polar surface area (TPSA) is 81.4 Å². The maximum Gasteiger partial charge on any atom is 0.376 e. The third-order valence-corrected chi connectivity index (χ3v) is 3.13. The molecule has 1 atom stereocenters. The van der Waals surface area contributed by atoms with Crippen molar-refractivity contribution in [3.8, 4) is 0 Å². The number of carbonyl (C=O) groups is 2. The second-order valence-electron chi connectivity index (χ2n) is 4.83. The lowest BCUT2D eigenvalue weighted by Gasteiger charge is -2.24. The van der Waals surface area contributed by atoms with E-state index >= 15 is 0 Å². The van der Waals surface area contributed by atoms with Gasteiger partial charge in [0.05, 0.1) is 5.70 Å². The number of esters is 1. The standard InChI is InChI=1S/C16H18N2O3/c1-11(19)16(20)21-15-14(17)10-9-13(18-15)8-7-12-5-3-2-4-6-12/h2-6,9-10,15,18H,7-8,17H2,1H3. The first kappa shape index (κ1) is 14.8. The molecule has 0 saturated carbocycles. The summed E-state index contributed by atoms with van der Waals surface area (Å²) < 4.78 is 5.01. The molecule has 0 radical (unpaired) electrons. The molecule has 1 heterocycles. The first-order valence-electron chi connectivity index (χ1n) is 6.74. The van der Waals surface area contributed by atoms with Crippen LogP contribution in [0.15, 0.2) is 53.9 Å². The van der Waals surface area contributed by atoms with Crippen LogP contribution in [-0.2, 0) is 20.7 Å². The van der Waals surface area contributed by atoms with Crippen molar-refractivity contribution in [3.63, 3.8) is 0 Å². The summed E-state index contributed by atoms with van der Waals surface area (Å²) in [7, 11) is 0. The Balaban J connectivity index is 1.93. The first-order valence-corrected chi connectivity index (χ1v) is 6.74. The highest BCUT2D eigenvalue weighted by Gasteiger charge is 2.22. The van der Waals surface area contributed by atoms with E-state index in [2.05, 4.69) is 17.4 Å². The van der Waals surface area contributed by atoms with Gasteiger partial charge in [0, 0.05) is 12.6 Å². The number of carbonyl (C=O) groups excluding carboxylic acids is 2. The fourth-order valence-corrected chi connectivity index (χ4v) is 1.95. The monoisotopic (exact) mass is 286 g/mol. The summed E-state index contributed by atoms with van der Waals surface area (Å²) in [4.78, 5) is 22.3. The second-order valence-corrected chi connectivity index (χ2v) is 4.83. The van der Waals surface area contributed by atoms with Crippen LogP contribution < -0.4 is 11.1 Å². The van der Waals surface area contributed by atoms with Gasteiger partial charge in [0.1, 0.15) is 0 Å². The molecular weight excluding hydrogens is 268 g/mol. The van der Waals surface area contributed by atoms with Crippen molar-refractivity contribution < 1.29 is 14.3 Å². The van der Waals surface area contributed by atoms with Gasteiger partial charge in [0.15, 0.2) is 0 Å². The van der Waals surface area contributed by atoms with Crippen LogP contribution in [0.5, 0.6) is 0 Å². The van der Waals surface area contributed by atoms with Gasteiger partial charge in [-0.2, -0.15) is 0 Å². The predicted octanol–water partition coefficient (Wildman–Crippen LogP) is 1.41. The third kappa shape index (κ3) is 4.21. The molecule has 1 aromatic carbocycles. The number of dihydropyridines is 1. The van der Waals surface area contributed by atoms with E-state index in [1.807, 2.05) is 24.3 Å². The van der Waals surface area contributed by atoms with E-state index in [-0.39, 0.29) is 0 Å². The normalized spacial score (nSPS) is 17.3. The van der Waals surface area contributed by atoms with Crippen LogP contribution in [0.2, 0.25) is 0 Å². The SMILES string of the molecule is CC(=O)C(=O)OC1NC(CCc2ccccc2)=CC=C1N. The summed E-state index contributed by atoms with van der Waals surface area (Å²) in [5.41, 5.74) is 8.26. The molecule has 0 fully saturated rings. The number of nitrogens with two attached hydrogens (primary N) is 1. The molecule has 1 unspecified atom stereocenters. The number of ether oxygens (including phenoxy) is 1. The summed E-state index contributed by atoms with van der Waals surface area (Å²) in [5, 5.41) is 3.03. The molecule has 110 valence electrons. The average Bonchev–Trinajstić information content (AvgIpc) is 2.49. The summed E-state index contributed by atoms with van der Waals surface area (Å²) in [5.74, 6) is -1.54. The van der Waals surface area contributed by atoms with Crippen molar-refractivity contribution in [2.24, 2.45) is 5.73 Å². The number of hydrogen-bond donors (Lipinski definition) is 2. The number of ketones is 1. The van der Waals surface area contributed by atoms with E-state index in [4.69, 9.17) is 10.5 Å². The van der Waals surface area contributed by atoms with Crippen molar-refractivity contribution in [1.29, 1.82) is 0 Å². The van der Waals surface area contributed by atoms with Crippen LogP contribution >= 0.6 is 0 Å². The van der Waals surface area contributed by atoms with Crippen molar-refractivity contribution >= 4 is 11.8 Å². The van der Waals surface area contributed by atoms with E-state index in [9.17, 15) is 9.59 Å². The molecule has 0 aliphatic carbocycles. The molecule has 1 aliphatic rings. The first-order chi connectivity index (χ1) is 10.1. The number of benzene rings is 1. The van der Waals surface area contributed by atoms with Gasteiger partial charge in [0.2, 0.25) is 12.0 Å². The van der Waals surface area contributed by atoms with E-state index < -0.39 is 18.0 Å². The molecule has 0 amide bonds. The van der Waals surface area contributed by atoms with Gasteiger partial charge in [-0.15, -0.1) is 0 Å². The number of hydrogen-bond acceptors (Lipinski definition) is 5. The Hall–Kier alpha value is -2.56. The van der Waals surface area contributed by atoms with Gasteiger partial charge in [-0.3, -0.25) is 4.79 Å². The zero-order chi connectivity index (χ0) is 15.2. The fraction of sp³-hybridized carbons (Fsp3) is 0.250. The summed E-state index contributed by atoms with van der Waals surface area (Å²) >= 11 is 0. The van der Waals surface area contributed by atoms with E-state index in [0.717, 1.165) is 25.5 Å². The molecular formula is C16H18N2O3. The Morgan fingerprint density at radius 1 is 1.19 bits per heavy atom. The van der Waals surface area contributed by atoms with Gasteiger partial charge in [-0.1, -0.05) is 30.3 Å². The number of allylic oxidation sites excluding steroid dienone is 3. The molecule has 0 saturated heterocycles. The summed E-state index contributed by atoms with van der Waals surface area (Å²) in [6.07, 6.45) is 4.39. The molecule has 1 aliphatic heterocycles. The highest BCUT2D eigenvalue weighted by Crippen LogP contribution is 2.14. The lowest BCUT2D eigenvalue weighted by Crippen LogP contribution is -2.40. The van der Waals surface area contributed by atoms with Gasteiger partial charge in [-0.05, 0) is 30.6 Å². The highest BCUT2D eigenvalue weighted by atomic mass is 16.6.